The van der Waals surface area contributed by atoms with Crippen LogP contribution < -0.4 is 11.1 Å². The number of carbonyl (C=O) groups excluding carboxylic acids is 2. The largest absolute Gasteiger partial charge is 0.357 e. The Morgan fingerprint density at radius 2 is 1.50 bits per heavy atom. The van der Waals surface area contributed by atoms with E-state index in [1.165, 1.54) is 6.92 Å². The van der Waals surface area contributed by atoms with Crippen molar-refractivity contribution in [3.05, 3.63) is 0 Å². The SMILES string of the molecule is CC.CC.CC.CCN.CNC(=O)[C@@H]1C[C@H](C)CN1C(C)=O. The Labute approximate surface area is 139 Å². The van der Waals surface area contributed by atoms with Crippen molar-refractivity contribution < 1.29 is 9.59 Å². The lowest BCUT2D eigenvalue weighted by Crippen LogP contribution is -2.43. The average Bonchev–Trinajstić information content (AvgIpc) is 2.95. The molecule has 0 radical (unpaired) electrons. The number of nitrogens with one attached hydrogen (secondary N) is 1. The van der Waals surface area contributed by atoms with Crippen LogP contribution in [0.4, 0.5) is 0 Å². The summed E-state index contributed by atoms with van der Waals surface area (Å²) in [7, 11) is 1.60. The van der Waals surface area contributed by atoms with Gasteiger partial charge in [-0.2, -0.15) is 0 Å². The lowest BCUT2D eigenvalue weighted by molar-refractivity contribution is -0.136. The van der Waals surface area contributed by atoms with Crippen LogP contribution >= 0.6 is 0 Å². The van der Waals surface area contributed by atoms with Gasteiger partial charge in [-0.3, -0.25) is 9.59 Å². The summed E-state index contributed by atoms with van der Waals surface area (Å²) in [5.74, 6) is 0.351. The van der Waals surface area contributed by atoms with E-state index in [1.807, 2.05) is 48.5 Å². The van der Waals surface area contributed by atoms with Gasteiger partial charge in [0.05, 0.1) is 0 Å². The highest BCUT2D eigenvalue weighted by atomic mass is 16.2. The van der Waals surface area contributed by atoms with Gasteiger partial charge in [0, 0.05) is 20.5 Å². The third-order valence-electron chi connectivity index (χ3n) is 2.46. The third kappa shape index (κ3) is 13.9. The van der Waals surface area contributed by atoms with Gasteiger partial charge in [0.15, 0.2) is 0 Å². The molecule has 2 atom stereocenters. The minimum absolute atomic E-state index is 0.0158. The van der Waals surface area contributed by atoms with Crippen LogP contribution in [-0.2, 0) is 9.59 Å². The maximum absolute atomic E-state index is 11.4. The first-order valence-corrected chi connectivity index (χ1v) is 8.66. The molecule has 1 saturated heterocycles. The summed E-state index contributed by atoms with van der Waals surface area (Å²) in [5, 5.41) is 2.58. The van der Waals surface area contributed by atoms with Crippen molar-refractivity contribution in [2.45, 2.75) is 74.8 Å². The molecule has 1 aliphatic rings. The highest BCUT2D eigenvalue weighted by molar-refractivity contribution is 5.87. The Balaban J connectivity index is -0.000000153. The first-order valence-electron chi connectivity index (χ1n) is 8.66. The number of nitrogens with two attached hydrogens (primary N) is 1. The fraction of sp³-hybridized carbons (Fsp3) is 0.882. The molecule has 136 valence electrons. The monoisotopic (exact) mass is 319 g/mol. The molecule has 5 heteroatoms. The number of carbonyl (C=O) groups is 2. The summed E-state index contributed by atoms with van der Waals surface area (Å²) in [6.45, 7) is 18.9. The molecule has 1 rings (SSSR count). The molecule has 5 nitrogen and oxygen atoms in total. The minimum Gasteiger partial charge on any atom is -0.357 e. The molecule has 0 bridgehead atoms. The molecule has 3 N–H and O–H groups in total. The number of hydrogen-bond donors (Lipinski definition) is 2. The van der Waals surface area contributed by atoms with Gasteiger partial charge in [0.2, 0.25) is 11.8 Å². The summed E-state index contributed by atoms with van der Waals surface area (Å²) in [6, 6.07) is -0.252. The molecule has 0 aromatic heterocycles. The van der Waals surface area contributed by atoms with Crippen molar-refractivity contribution in [2.24, 2.45) is 11.7 Å². The van der Waals surface area contributed by atoms with E-state index in [2.05, 4.69) is 12.2 Å². The standard InChI is InChI=1S/C9H16N2O2.C2H7N.3C2H6/c1-6-4-8(9(13)10-3)11(5-6)7(2)12;1-2-3;3*1-2/h6,8H,4-5H2,1-3H3,(H,10,13);2-3H2,1H3;3*1-2H3/t6-,8-;;;;/m0..../s1. The predicted octanol–water partition coefficient (Wildman–Crippen LogP) is 3.03. The Morgan fingerprint density at radius 1 is 1.14 bits per heavy atom. The Morgan fingerprint density at radius 3 is 1.77 bits per heavy atom. The van der Waals surface area contributed by atoms with Crippen molar-refractivity contribution >= 4 is 11.8 Å². The molecule has 0 unspecified atom stereocenters. The highest BCUT2D eigenvalue weighted by Crippen LogP contribution is 2.22. The number of likely N-dealkylation sites (N-methyl/N-ethyl adjacent to an activating group) is 1. The lowest BCUT2D eigenvalue weighted by Gasteiger charge is -2.21. The van der Waals surface area contributed by atoms with E-state index in [4.69, 9.17) is 5.73 Å². The van der Waals surface area contributed by atoms with Crippen LogP contribution in [0.15, 0.2) is 0 Å². The molecule has 0 saturated carbocycles. The molecule has 0 aromatic rings. The van der Waals surface area contributed by atoms with Crippen LogP contribution in [0, 0.1) is 5.92 Å². The number of likely N-dealkylation sites (tertiary alicyclic amines) is 1. The van der Waals surface area contributed by atoms with Gasteiger partial charge in [-0.25, -0.2) is 0 Å². The van der Waals surface area contributed by atoms with Crippen molar-refractivity contribution in [1.82, 2.24) is 10.2 Å². The summed E-state index contributed by atoms with van der Waals surface area (Å²) in [5.41, 5.74) is 4.85. The van der Waals surface area contributed by atoms with Crippen molar-refractivity contribution in [1.29, 1.82) is 0 Å². The molecular weight excluding hydrogens is 278 g/mol. The molecule has 0 spiro atoms. The van der Waals surface area contributed by atoms with E-state index in [0.29, 0.717) is 12.5 Å². The third-order valence-corrected chi connectivity index (χ3v) is 2.46. The number of nitrogens with zero attached hydrogens (tertiary/aromatic N) is 1. The smallest absolute Gasteiger partial charge is 0.242 e. The van der Waals surface area contributed by atoms with E-state index in [1.54, 1.807) is 11.9 Å². The molecule has 1 heterocycles. The normalized spacial score (nSPS) is 17.9. The van der Waals surface area contributed by atoms with Gasteiger partial charge < -0.3 is 16.0 Å². The van der Waals surface area contributed by atoms with Crippen molar-refractivity contribution in [2.75, 3.05) is 20.1 Å². The van der Waals surface area contributed by atoms with Gasteiger partial charge in [0.1, 0.15) is 6.04 Å². The summed E-state index contributed by atoms with van der Waals surface area (Å²) in [6.07, 6.45) is 0.777. The Kier molecular flexibility index (Phi) is 29.2. The van der Waals surface area contributed by atoms with E-state index in [0.717, 1.165) is 13.0 Å². The summed E-state index contributed by atoms with van der Waals surface area (Å²) in [4.78, 5) is 24.2. The fourth-order valence-electron chi connectivity index (χ4n) is 1.81. The maximum atomic E-state index is 11.4. The van der Waals surface area contributed by atoms with E-state index in [-0.39, 0.29) is 17.9 Å². The zero-order valence-corrected chi connectivity index (χ0v) is 16.6. The van der Waals surface area contributed by atoms with E-state index >= 15 is 0 Å². The van der Waals surface area contributed by atoms with Gasteiger partial charge in [-0.05, 0) is 18.9 Å². The Hall–Kier alpha value is -1.10. The molecule has 2 amide bonds. The highest BCUT2D eigenvalue weighted by Gasteiger charge is 2.35. The van der Waals surface area contributed by atoms with Gasteiger partial charge in [0.25, 0.3) is 0 Å². The average molecular weight is 320 g/mol. The van der Waals surface area contributed by atoms with Gasteiger partial charge in [-0.1, -0.05) is 55.4 Å². The minimum atomic E-state index is -0.252. The van der Waals surface area contributed by atoms with Crippen LogP contribution in [0.25, 0.3) is 0 Å². The van der Waals surface area contributed by atoms with Crippen LogP contribution in [0.3, 0.4) is 0 Å². The second kappa shape index (κ2) is 22.2. The first kappa shape index (κ1) is 29.0. The van der Waals surface area contributed by atoms with E-state index < -0.39 is 0 Å². The molecule has 1 aliphatic heterocycles. The molecule has 22 heavy (non-hydrogen) atoms. The van der Waals surface area contributed by atoms with Crippen LogP contribution in [0.2, 0.25) is 0 Å². The maximum Gasteiger partial charge on any atom is 0.242 e. The quantitative estimate of drug-likeness (QED) is 0.780. The van der Waals surface area contributed by atoms with Crippen LogP contribution in [0.1, 0.15) is 68.7 Å². The second-order valence-corrected chi connectivity index (χ2v) is 4.05. The van der Waals surface area contributed by atoms with E-state index in [9.17, 15) is 9.59 Å². The number of rotatable bonds is 1. The van der Waals surface area contributed by atoms with Gasteiger partial charge in [-0.15, -0.1) is 0 Å². The molecule has 1 fully saturated rings. The topological polar surface area (TPSA) is 75.4 Å². The van der Waals surface area contributed by atoms with Crippen molar-refractivity contribution in [3.8, 4) is 0 Å². The molecule has 0 aromatic carbocycles. The lowest BCUT2D eigenvalue weighted by atomic mass is 10.1. The van der Waals surface area contributed by atoms with Crippen LogP contribution in [-0.4, -0.2) is 42.9 Å². The zero-order chi connectivity index (χ0) is 18.7. The number of hydrogen-bond acceptors (Lipinski definition) is 3. The zero-order valence-electron chi connectivity index (χ0n) is 16.6. The fourth-order valence-corrected chi connectivity index (χ4v) is 1.81. The van der Waals surface area contributed by atoms with Crippen molar-refractivity contribution in [3.63, 3.8) is 0 Å². The summed E-state index contributed by atoms with van der Waals surface area (Å²) < 4.78 is 0. The second-order valence-electron chi connectivity index (χ2n) is 4.05. The predicted molar refractivity (Wildman–Crippen MR) is 97.8 cm³/mol. The molecular formula is C17H41N3O2. The number of amides is 2. The van der Waals surface area contributed by atoms with Gasteiger partial charge >= 0.3 is 0 Å². The first-order chi connectivity index (χ1) is 10.5. The Bertz CT molecular complexity index is 246. The summed E-state index contributed by atoms with van der Waals surface area (Å²) >= 11 is 0. The molecule has 0 aliphatic carbocycles. The van der Waals surface area contributed by atoms with Crippen LogP contribution in [0.5, 0.6) is 0 Å².